The zero-order chi connectivity index (χ0) is 22.9. The van der Waals surface area contributed by atoms with Crippen LogP contribution in [0.5, 0.6) is 5.75 Å². The molecule has 7 nitrogen and oxygen atoms in total. The van der Waals surface area contributed by atoms with Gasteiger partial charge in [0.05, 0.1) is 6.61 Å². The third-order valence-corrected chi connectivity index (χ3v) is 9.48. The summed E-state index contributed by atoms with van der Waals surface area (Å²) in [6, 6.07) is 14.0. The van der Waals surface area contributed by atoms with Crippen molar-refractivity contribution in [2.24, 2.45) is 0 Å². The number of hydrogen-bond donors (Lipinski definition) is 3. The summed E-state index contributed by atoms with van der Waals surface area (Å²) in [7, 11) is -3.95. The van der Waals surface area contributed by atoms with Crippen LogP contribution in [0.2, 0.25) is 5.02 Å². The molecule has 4 rings (SSSR count). The Kier molecular flexibility index (Phi) is 6.56. The van der Waals surface area contributed by atoms with Crippen molar-refractivity contribution in [3.05, 3.63) is 70.8 Å². The fourth-order valence-corrected chi connectivity index (χ4v) is 7.17. The second-order valence-corrected chi connectivity index (χ2v) is 11.5. The van der Waals surface area contributed by atoms with E-state index in [-0.39, 0.29) is 26.1 Å². The van der Waals surface area contributed by atoms with E-state index in [1.807, 2.05) is 18.2 Å². The minimum atomic E-state index is -3.95. The van der Waals surface area contributed by atoms with Crippen molar-refractivity contribution in [3.8, 4) is 5.75 Å². The standard InChI is InChI=1S/C22H22ClNO6S2/c23-15-7-5-14(6-8-15)19-9-10-20(31-19)32(28,29)24-22(21(26)27)13-17(22)16-3-1-2-4-18(16)30-12-11-25/h1-9,17,20,24-25H,10-13H2,(H,26,27). The van der Waals surface area contributed by atoms with Gasteiger partial charge in [-0.05, 0) is 42.2 Å². The summed E-state index contributed by atoms with van der Waals surface area (Å²) in [5, 5.41) is 19.5. The van der Waals surface area contributed by atoms with Crippen molar-refractivity contribution in [1.82, 2.24) is 4.72 Å². The van der Waals surface area contributed by atoms with Crippen molar-refractivity contribution >= 4 is 44.3 Å². The van der Waals surface area contributed by atoms with Crippen molar-refractivity contribution < 1.29 is 28.2 Å². The van der Waals surface area contributed by atoms with Crippen LogP contribution in [0.25, 0.3) is 4.91 Å². The van der Waals surface area contributed by atoms with Crippen LogP contribution in [0.3, 0.4) is 0 Å². The van der Waals surface area contributed by atoms with Crippen LogP contribution in [0.15, 0.2) is 54.6 Å². The maximum absolute atomic E-state index is 13.1. The number of thioether (sulfide) groups is 1. The van der Waals surface area contributed by atoms with Gasteiger partial charge in [-0.3, -0.25) is 4.79 Å². The normalized spacial score (nSPS) is 24.8. The number of carboxylic acid groups (broad SMARTS) is 1. The number of aliphatic hydroxyl groups excluding tert-OH is 1. The minimum Gasteiger partial charge on any atom is -0.491 e. The lowest BCUT2D eigenvalue weighted by Crippen LogP contribution is -2.47. The average molecular weight is 496 g/mol. The molecule has 0 aromatic heterocycles. The van der Waals surface area contributed by atoms with E-state index in [2.05, 4.69) is 4.72 Å². The first kappa shape index (κ1) is 23.1. The maximum Gasteiger partial charge on any atom is 0.325 e. The Bertz CT molecular complexity index is 1150. The van der Waals surface area contributed by atoms with Crippen molar-refractivity contribution in [2.45, 2.75) is 28.9 Å². The topological polar surface area (TPSA) is 113 Å². The lowest BCUT2D eigenvalue weighted by molar-refractivity contribution is -0.140. The quantitative estimate of drug-likeness (QED) is 0.488. The molecule has 1 fully saturated rings. The highest BCUT2D eigenvalue weighted by atomic mass is 35.5. The molecule has 1 heterocycles. The molecule has 2 aliphatic rings. The Hall–Kier alpha value is -2.04. The molecule has 170 valence electrons. The smallest absolute Gasteiger partial charge is 0.325 e. The van der Waals surface area contributed by atoms with E-state index in [4.69, 9.17) is 21.4 Å². The molecule has 3 N–H and O–H groups in total. The summed E-state index contributed by atoms with van der Waals surface area (Å²) in [6.45, 7) is -0.120. The minimum absolute atomic E-state index is 0.0629. The van der Waals surface area contributed by atoms with Gasteiger partial charge in [0, 0.05) is 15.8 Å². The molecule has 10 heteroatoms. The van der Waals surface area contributed by atoms with Gasteiger partial charge in [0.15, 0.2) is 0 Å². The van der Waals surface area contributed by atoms with Gasteiger partial charge in [0.25, 0.3) is 0 Å². The van der Waals surface area contributed by atoms with E-state index in [1.165, 1.54) is 11.8 Å². The molecule has 1 aliphatic carbocycles. The number of allylic oxidation sites excluding steroid dienone is 1. The Morgan fingerprint density at radius 3 is 2.62 bits per heavy atom. The number of rotatable bonds is 9. The Morgan fingerprint density at radius 1 is 1.22 bits per heavy atom. The average Bonchev–Trinajstić information content (AvgIpc) is 3.25. The maximum atomic E-state index is 13.1. The number of aliphatic carboxylic acids is 1. The molecule has 2 aromatic rings. The molecular formula is C22H22ClNO6S2. The van der Waals surface area contributed by atoms with Gasteiger partial charge >= 0.3 is 5.97 Å². The van der Waals surface area contributed by atoms with Crippen LogP contribution in [-0.2, 0) is 14.8 Å². The fourth-order valence-electron chi connectivity index (χ4n) is 3.84. The Balaban J connectivity index is 1.51. The van der Waals surface area contributed by atoms with Gasteiger partial charge < -0.3 is 14.9 Å². The van der Waals surface area contributed by atoms with Gasteiger partial charge in [-0.15, -0.1) is 11.8 Å². The number of benzene rings is 2. The zero-order valence-corrected chi connectivity index (χ0v) is 19.3. The molecule has 3 atom stereocenters. The number of carbonyl (C=O) groups is 1. The van der Waals surface area contributed by atoms with E-state index in [0.717, 1.165) is 10.5 Å². The lowest BCUT2D eigenvalue weighted by Gasteiger charge is -2.20. The van der Waals surface area contributed by atoms with Gasteiger partial charge in [-0.25, -0.2) is 8.42 Å². The Labute approximate surface area is 195 Å². The van der Waals surface area contributed by atoms with Crippen LogP contribution in [0.4, 0.5) is 0 Å². The summed E-state index contributed by atoms with van der Waals surface area (Å²) in [4.78, 5) is 13.0. The molecule has 3 unspecified atom stereocenters. The summed E-state index contributed by atoms with van der Waals surface area (Å²) in [5.74, 6) is -1.35. The molecule has 0 amide bonds. The number of para-hydroxylation sites is 1. The van der Waals surface area contributed by atoms with Crippen LogP contribution in [0.1, 0.15) is 29.9 Å². The van der Waals surface area contributed by atoms with Crippen molar-refractivity contribution in [2.75, 3.05) is 13.2 Å². The first-order valence-electron chi connectivity index (χ1n) is 9.98. The van der Waals surface area contributed by atoms with E-state index >= 15 is 0 Å². The van der Waals surface area contributed by atoms with Crippen LogP contribution in [0, 0.1) is 0 Å². The molecule has 1 saturated carbocycles. The third kappa shape index (κ3) is 4.53. The molecule has 2 aromatic carbocycles. The number of ether oxygens (including phenoxy) is 1. The molecule has 0 radical (unpaired) electrons. The van der Waals surface area contributed by atoms with Crippen LogP contribution in [-0.4, -0.2) is 47.9 Å². The highest BCUT2D eigenvalue weighted by Gasteiger charge is 2.64. The van der Waals surface area contributed by atoms with Gasteiger partial charge in [-0.2, -0.15) is 4.72 Å². The zero-order valence-electron chi connectivity index (χ0n) is 16.9. The van der Waals surface area contributed by atoms with Gasteiger partial charge in [-0.1, -0.05) is 48.0 Å². The predicted octanol–water partition coefficient (Wildman–Crippen LogP) is 3.45. The summed E-state index contributed by atoms with van der Waals surface area (Å²) in [6.07, 6.45) is 2.23. The third-order valence-electron chi connectivity index (χ3n) is 5.54. The van der Waals surface area contributed by atoms with Crippen molar-refractivity contribution in [3.63, 3.8) is 0 Å². The highest BCUT2D eigenvalue weighted by molar-refractivity contribution is 8.18. The second-order valence-electron chi connectivity index (χ2n) is 7.65. The van der Waals surface area contributed by atoms with E-state index in [1.54, 1.807) is 36.4 Å². The van der Waals surface area contributed by atoms with E-state index < -0.39 is 32.0 Å². The molecule has 32 heavy (non-hydrogen) atoms. The summed E-state index contributed by atoms with van der Waals surface area (Å²) in [5.41, 5.74) is -0.157. The molecular weight excluding hydrogens is 474 g/mol. The number of halogens is 1. The largest absolute Gasteiger partial charge is 0.491 e. The number of nitrogens with one attached hydrogen (secondary N) is 1. The highest BCUT2D eigenvalue weighted by Crippen LogP contribution is 2.55. The number of hydrogen-bond acceptors (Lipinski definition) is 6. The monoisotopic (exact) mass is 495 g/mol. The molecule has 0 spiro atoms. The molecule has 0 saturated heterocycles. The molecule has 1 aliphatic heterocycles. The predicted molar refractivity (Wildman–Crippen MR) is 124 cm³/mol. The fraction of sp³-hybridized carbons (Fsp3) is 0.318. The van der Waals surface area contributed by atoms with Crippen LogP contribution >= 0.6 is 23.4 Å². The number of carboxylic acids is 1. The van der Waals surface area contributed by atoms with Crippen molar-refractivity contribution in [1.29, 1.82) is 0 Å². The van der Waals surface area contributed by atoms with Crippen LogP contribution < -0.4 is 9.46 Å². The number of sulfonamides is 1. The molecule has 0 bridgehead atoms. The van der Waals surface area contributed by atoms with E-state index in [9.17, 15) is 18.3 Å². The van der Waals surface area contributed by atoms with Gasteiger partial charge in [0.1, 0.15) is 22.5 Å². The summed E-state index contributed by atoms with van der Waals surface area (Å²) >= 11 is 7.11. The second kappa shape index (κ2) is 9.07. The van der Waals surface area contributed by atoms with Gasteiger partial charge in [0.2, 0.25) is 10.0 Å². The lowest BCUT2D eigenvalue weighted by atomic mass is 10.1. The SMILES string of the molecule is O=C(O)C1(NS(=O)(=O)C2CC=C(c3ccc(Cl)cc3)S2)CC1c1ccccc1OCCO. The van der Waals surface area contributed by atoms with E-state index in [0.29, 0.717) is 16.3 Å². The first-order valence-corrected chi connectivity index (χ1v) is 12.8. The summed E-state index contributed by atoms with van der Waals surface area (Å²) < 4.78 is 33.5. The Morgan fingerprint density at radius 2 is 1.94 bits per heavy atom. The number of aliphatic hydroxyl groups is 1. The first-order chi connectivity index (χ1) is 15.3.